The highest BCUT2D eigenvalue weighted by Gasteiger charge is 2.12. The van der Waals surface area contributed by atoms with E-state index in [1.807, 2.05) is 25.1 Å². The summed E-state index contributed by atoms with van der Waals surface area (Å²) < 4.78 is 1.61. The fraction of sp³-hybridized carbons (Fsp3) is 0.0455. The first-order valence-corrected chi connectivity index (χ1v) is 9.20. The van der Waals surface area contributed by atoms with Crippen LogP contribution >= 0.6 is 0 Å². The minimum atomic E-state index is -0.368. The highest BCUT2D eigenvalue weighted by atomic mass is 16.2. The van der Waals surface area contributed by atoms with Crippen molar-refractivity contribution in [2.24, 2.45) is 0 Å². The van der Waals surface area contributed by atoms with Crippen LogP contribution in [-0.2, 0) is 0 Å². The van der Waals surface area contributed by atoms with Gasteiger partial charge in [-0.2, -0.15) is 0 Å². The Morgan fingerprint density at radius 2 is 1.47 bits per heavy atom. The highest BCUT2D eigenvalue weighted by Crippen LogP contribution is 2.18. The van der Waals surface area contributed by atoms with Crippen LogP contribution in [0, 0.1) is 6.92 Å². The second kappa shape index (κ2) is 8.36. The van der Waals surface area contributed by atoms with Crippen LogP contribution in [0.5, 0.6) is 0 Å². The van der Waals surface area contributed by atoms with Gasteiger partial charge >= 0.3 is 0 Å². The van der Waals surface area contributed by atoms with E-state index in [1.54, 1.807) is 53.1 Å². The maximum atomic E-state index is 12.6. The van der Waals surface area contributed by atoms with E-state index < -0.39 is 0 Å². The molecule has 148 valence electrons. The summed E-state index contributed by atoms with van der Waals surface area (Å²) in [7, 11) is 0. The average Bonchev–Trinajstić information content (AvgIpc) is 3.29. The van der Waals surface area contributed by atoms with Crippen LogP contribution in [0.4, 0.5) is 11.4 Å². The molecule has 4 aromatic rings. The molecule has 30 heavy (non-hydrogen) atoms. The Morgan fingerprint density at radius 1 is 0.800 bits per heavy atom. The Balaban J connectivity index is 1.48. The number of hydrogen-bond donors (Lipinski definition) is 2. The molecule has 0 aliphatic rings. The summed E-state index contributed by atoms with van der Waals surface area (Å²) >= 11 is 0. The van der Waals surface area contributed by atoms with Crippen molar-refractivity contribution in [3.63, 3.8) is 0 Å². The number of benzene rings is 2. The van der Waals surface area contributed by atoms with Crippen LogP contribution in [-0.4, -0.2) is 31.6 Å². The Hall–Kier alpha value is -4.33. The summed E-state index contributed by atoms with van der Waals surface area (Å²) in [6.45, 7) is 1.88. The summed E-state index contributed by atoms with van der Waals surface area (Å²) in [6.07, 6.45) is 3.01. The lowest BCUT2D eigenvalue weighted by molar-refractivity contribution is 0.101. The first-order valence-electron chi connectivity index (χ1n) is 9.20. The number of pyridine rings is 1. The Kier molecular flexibility index (Phi) is 5.29. The first kappa shape index (κ1) is 19.0. The maximum absolute atomic E-state index is 12.6. The molecule has 0 radical (unpaired) electrons. The molecule has 0 spiro atoms. The van der Waals surface area contributed by atoms with Gasteiger partial charge in [-0.25, -0.2) is 4.98 Å². The molecule has 0 aliphatic heterocycles. The van der Waals surface area contributed by atoms with Crippen molar-refractivity contribution in [1.82, 2.24) is 19.7 Å². The summed E-state index contributed by atoms with van der Waals surface area (Å²) in [5.74, 6) is -0.0425. The van der Waals surface area contributed by atoms with Crippen LogP contribution < -0.4 is 10.6 Å². The molecule has 0 unspecified atom stereocenters. The fourth-order valence-corrected chi connectivity index (χ4v) is 2.91. The van der Waals surface area contributed by atoms with Gasteiger partial charge in [-0.15, -0.1) is 10.2 Å². The normalized spacial score (nSPS) is 10.4. The number of nitrogens with zero attached hydrogens (tertiary/aromatic N) is 4. The van der Waals surface area contributed by atoms with Crippen molar-refractivity contribution >= 4 is 23.2 Å². The topological polar surface area (TPSA) is 102 Å². The van der Waals surface area contributed by atoms with Gasteiger partial charge < -0.3 is 10.6 Å². The Bertz CT molecular complexity index is 1200. The molecule has 8 heteroatoms. The van der Waals surface area contributed by atoms with E-state index in [9.17, 15) is 9.59 Å². The largest absolute Gasteiger partial charge is 0.322 e. The number of amides is 2. The van der Waals surface area contributed by atoms with E-state index >= 15 is 0 Å². The molecule has 0 saturated carbocycles. The number of rotatable bonds is 5. The number of anilines is 2. The minimum Gasteiger partial charge on any atom is -0.322 e. The van der Waals surface area contributed by atoms with Crippen LogP contribution in [0.25, 0.3) is 5.82 Å². The number of carbonyl (C=O) groups is 2. The van der Waals surface area contributed by atoms with Crippen LogP contribution in [0.2, 0.25) is 0 Å². The van der Waals surface area contributed by atoms with Gasteiger partial charge in [0, 0.05) is 16.9 Å². The molecule has 0 atom stereocenters. The van der Waals surface area contributed by atoms with Crippen LogP contribution in [0.15, 0.2) is 79.4 Å². The SMILES string of the molecule is Cc1ccccc1C(=O)Nc1cccc(NC(=O)c2cccc(-n3cnnc3)n2)c1. The van der Waals surface area contributed by atoms with Gasteiger partial charge in [-0.3, -0.25) is 14.2 Å². The first-order chi connectivity index (χ1) is 14.6. The predicted octanol–water partition coefficient (Wildman–Crippen LogP) is 3.48. The molecule has 0 saturated heterocycles. The second-order valence-corrected chi connectivity index (χ2v) is 6.55. The van der Waals surface area contributed by atoms with Crippen molar-refractivity contribution in [1.29, 1.82) is 0 Å². The maximum Gasteiger partial charge on any atom is 0.274 e. The molecular weight excluding hydrogens is 380 g/mol. The van der Waals surface area contributed by atoms with Gasteiger partial charge in [0.1, 0.15) is 24.2 Å². The Labute approximate surface area is 172 Å². The molecule has 0 aliphatic carbocycles. The molecule has 2 amide bonds. The number of nitrogens with one attached hydrogen (secondary N) is 2. The third-order valence-corrected chi connectivity index (χ3v) is 4.42. The monoisotopic (exact) mass is 398 g/mol. The quantitative estimate of drug-likeness (QED) is 0.536. The van der Waals surface area contributed by atoms with Crippen molar-refractivity contribution < 1.29 is 9.59 Å². The number of aryl methyl sites for hydroxylation is 1. The predicted molar refractivity (Wildman–Crippen MR) is 113 cm³/mol. The summed E-state index contributed by atoms with van der Waals surface area (Å²) in [4.78, 5) is 29.5. The van der Waals surface area contributed by atoms with Crippen molar-refractivity contribution in [3.8, 4) is 5.82 Å². The molecule has 2 aromatic heterocycles. The summed E-state index contributed by atoms with van der Waals surface area (Å²) in [5.41, 5.74) is 2.85. The number of carbonyl (C=O) groups excluding carboxylic acids is 2. The van der Waals surface area contributed by atoms with Crippen LogP contribution in [0.3, 0.4) is 0 Å². The zero-order valence-electron chi connectivity index (χ0n) is 16.1. The van der Waals surface area contributed by atoms with Gasteiger partial charge in [0.2, 0.25) is 0 Å². The smallest absolute Gasteiger partial charge is 0.274 e. The van der Waals surface area contributed by atoms with E-state index in [4.69, 9.17) is 0 Å². The Morgan fingerprint density at radius 3 is 2.20 bits per heavy atom. The second-order valence-electron chi connectivity index (χ2n) is 6.55. The van der Waals surface area contributed by atoms with Crippen molar-refractivity contribution in [3.05, 3.63) is 96.2 Å². The zero-order valence-corrected chi connectivity index (χ0v) is 16.1. The van der Waals surface area contributed by atoms with Gasteiger partial charge in [0.05, 0.1) is 0 Å². The number of aromatic nitrogens is 4. The van der Waals surface area contributed by atoms with Crippen molar-refractivity contribution in [2.75, 3.05) is 10.6 Å². The summed E-state index contributed by atoms with van der Waals surface area (Å²) in [5, 5.41) is 13.1. The van der Waals surface area contributed by atoms with Crippen LogP contribution in [0.1, 0.15) is 26.4 Å². The lowest BCUT2D eigenvalue weighted by atomic mass is 10.1. The van der Waals surface area contributed by atoms with E-state index in [-0.39, 0.29) is 17.5 Å². The van der Waals surface area contributed by atoms with Gasteiger partial charge in [-0.05, 0) is 48.9 Å². The zero-order chi connectivity index (χ0) is 20.9. The minimum absolute atomic E-state index is 0.208. The molecule has 0 fully saturated rings. The standard InChI is InChI=1S/C22H18N6O2/c1-15-6-2-3-9-18(15)21(29)25-16-7-4-8-17(12-16)26-22(30)19-10-5-11-20(27-19)28-13-23-24-14-28/h2-14H,1H3,(H,25,29)(H,26,30). The number of hydrogen-bond acceptors (Lipinski definition) is 5. The van der Waals surface area contributed by atoms with Gasteiger partial charge in [0.25, 0.3) is 11.8 Å². The van der Waals surface area contributed by atoms with E-state index in [2.05, 4.69) is 25.8 Å². The molecule has 4 rings (SSSR count). The highest BCUT2D eigenvalue weighted by molar-refractivity contribution is 6.06. The molecule has 2 N–H and O–H groups in total. The molecular formula is C22H18N6O2. The third-order valence-electron chi connectivity index (χ3n) is 4.42. The van der Waals surface area contributed by atoms with Gasteiger partial charge in [-0.1, -0.05) is 30.3 Å². The third kappa shape index (κ3) is 4.22. The van der Waals surface area contributed by atoms with E-state index in [0.717, 1.165) is 5.56 Å². The van der Waals surface area contributed by atoms with E-state index in [1.165, 1.54) is 12.7 Å². The fourth-order valence-electron chi connectivity index (χ4n) is 2.91. The van der Waals surface area contributed by atoms with Gasteiger partial charge in [0.15, 0.2) is 0 Å². The lowest BCUT2D eigenvalue weighted by Gasteiger charge is -2.10. The lowest BCUT2D eigenvalue weighted by Crippen LogP contribution is -2.16. The molecule has 8 nitrogen and oxygen atoms in total. The van der Waals surface area contributed by atoms with E-state index in [0.29, 0.717) is 22.8 Å². The average molecular weight is 398 g/mol. The molecule has 0 bridgehead atoms. The summed E-state index contributed by atoms with van der Waals surface area (Å²) in [6, 6.07) is 19.4. The molecule has 2 aromatic carbocycles. The van der Waals surface area contributed by atoms with Crippen molar-refractivity contribution in [2.45, 2.75) is 6.92 Å². The molecule has 2 heterocycles.